The van der Waals surface area contributed by atoms with Crippen LogP contribution in [-0.2, 0) is 4.57 Å². The largest absolute Gasteiger partial charge is 0.462 e. The van der Waals surface area contributed by atoms with E-state index in [1.54, 1.807) is 5.38 Å². The Morgan fingerprint density at radius 3 is 2.71 bits per heavy atom. The minimum Gasteiger partial charge on any atom is -0.462 e. The zero-order valence-corrected chi connectivity index (χ0v) is 11.0. The van der Waals surface area contributed by atoms with E-state index < -0.39 is 7.60 Å². The van der Waals surface area contributed by atoms with Gasteiger partial charge in [-0.25, -0.2) is 4.98 Å². The summed E-state index contributed by atoms with van der Waals surface area (Å²) in [7, 11) is -4.32. The summed E-state index contributed by atoms with van der Waals surface area (Å²) in [5.74, 6) is 0.434. The zero-order chi connectivity index (χ0) is 12.6. The summed E-state index contributed by atoms with van der Waals surface area (Å²) in [6.07, 6.45) is 1.26. The van der Waals surface area contributed by atoms with Gasteiger partial charge in [0.05, 0.1) is 11.3 Å². The fourth-order valence-electron chi connectivity index (χ4n) is 1.38. The van der Waals surface area contributed by atoms with E-state index in [9.17, 15) is 4.57 Å². The first kappa shape index (κ1) is 12.5. The highest BCUT2D eigenvalue weighted by Gasteiger charge is 2.26. The van der Waals surface area contributed by atoms with Crippen molar-refractivity contribution in [1.82, 2.24) is 4.98 Å². The number of hydrogen-bond donors (Lipinski definition) is 2. The average molecular weight is 273 g/mol. The third-order valence-electron chi connectivity index (χ3n) is 2.21. The minimum absolute atomic E-state index is 0.113. The molecule has 2 N–H and O–H groups in total. The van der Waals surface area contributed by atoms with Gasteiger partial charge in [-0.3, -0.25) is 4.57 Å². The maximum atomic E-state index is 11.2. The normalized spacial score (nSPS) is 12.3. The molecule has 7 heteroatoms. The van der Waals surface area contributed by atoms with Crippen molar-refractivity contribution in [2.75, 3.05) is 0 Å². The molecule has 0 bridgehead atoms. The lowest BCUT2D eigenvalue weighted by atomic mass is 10.2. The third-order valence-corrected chi connectivity index (χ3v) is 4.33. The van der Waals surface area contributed by atoms with Crippen LogP contribution in [0.2, 0.25) is 0 Å². The molecule has 0 spiro atoms. The number of hydrogen-bond acceptors (Lipinski definition) is 4. The predicted molar refractivity (Wildman–Crippen MR) is 65.6 cm³/mol. The van der Waals surface area contributed by atoms with Crippen LogP contribution < -0.4 is 5.30 Å². The SMILES string of the molecule is CC(C)c1nc(-c2occc2P(=O)(O)O)cs1. The maximum Gasteiger partial charge on any atom is 0.360 e. The minimum atomic E-state index is -4.32. The van der Waals surface area contributed by atoms with Gasteiger partial charge in [-0.1, -0.05) is 13.8 Å². The summed E-state index contributed by atoms with van der Waals surface area (Å²) in [6, 6.07) is 1.28. The summed E-state index contributed by atoms with van der Waals surface area (Å²) in [6.45, 7) is 4.02. The monoisotopic (exact) mass is 273 g/mol. The predicted octanol–water partition coefficient (Wildman–Crippen LogP) is 2.33. The van der Waals surface area contributed by atoms with E-state index >= 15 is 0 Å². The molecule has 0 aliphatic carbocycles. The fraction of sp³-hybridized carbons (Fsp3) is 0.300. The molecule has 0 saturated carbocycles. The van der Waals surface area contributed by atoms with E-state index in [4.69, 9.17) is 14.2 Å². The number of rotatable bonds is 3. The summed E-state index contributed by atoms with van der Waals surface area (Å²) in [4.78, 5) is 22.6. The average Bonchev–Trinajstić information content (AvgIpc) is 2.85. The van der Waals surface area contributed by atoms with Gasteiger partial charge in [-0.05, 0) is 6.07 Å². The molecule has 2 aromatic heterocycles. The molecule has 2 rings (SSSR count). The van der Waals surface area contributed by atoms with Crippen molar-refractivity contribution in [3.8, 4) is 11.5 Å². The van der Waals surface area contributed by atoms with Crippen LogP contribution >= 0.6 is 18.9 Å². The number of nitrogens with zero attached hydrogens (tertiary/aromatic N) is 1. The molecule has 0 saturated heterocycles. The molecule has 0 fully saturated rings. The lowest BCUT2D eigenvalue weighted by Crippen LogP contribution is -2.03. The van der Waals surface area contributed by atoms with Crippen LogP contribution in [0.1, 0.15) is 24.8 Å². The molecule has 92 valence electrons. The second-order valence-electron chi connectivity index (χ2n) is 3.90. The van der Waals surface area contributed by atoms with Crippen LogP contribution in [0.3, 0.4) is 0 Å². The molecule has 17 heavy (non-hydrogen) atoms. The quantitative estimate of drug-likeness (QED) is 0.838. The molecule has 0 aliphatic heterocycles. The van der Waals surface area contributed by atoms with E-state index in [0.717, 1.165) is 5.01 Å². The molecular formula is C10H12NO4PS. The fourth-order valence-corrected chi connectivity index (χ4v) is 2.88. The Bertz CT molecular complexity index is 568. The molecule has 0 amide bonds. The van der Waals surface area contributed by atoms with Crippen LogP contribution in [0, 0.1) is 0 Å². The van der Waals surface area contributed by atoms with E-state index in [0.29, 0.717) is 5.69 Å². The highest BCUT2D eigenvalue weighted by Crippen LogP contribution is 2.38. The van der Waals surface area contributed by atoms with E-state index in [1.165, 1.54) is 23.7 Å². The third kappa shape index (κ3) is 2.50. The summed E-state index contributed by atoms with van der Waals surface area (Å²) < 4.78 is 16.4. The Morgan fingerprint density at radius 2 is 2.18 bits per heavy atom. The smallest absolute Gasteiger partial charge is 0.360 e. The zero-order valence-electron chi connectivity index (χ0n) is 9.32. The molecule has 0 unspecified atom stereocenters. The van der Waals surface area contributed by atoms with Crippen LogP contribution in [-0.4, -0.2) is 14.8 Å². The Morgan fingerprint density at radius 1 is 1.47 bits per heavy atom. The number of aromatic nitrogens is 1. The number of thiazole rings is 1. The maximum absolute atomic E-state index is 11.2. The molecule has 0 aromatic carbocycles. The van der Waals surface area contributed by atoms with Crippen molar-refractivity contribution < 1.29 is 18.8 Å². The van der Waals surface area contributed by atoms with Gasteiger partial charge < -0.3 is 14.2 Å². The molecular weight excluding hydrogens is 261 g/mol. The summed E-state index contributed by atoms with van der Waals surface area (Å²) in [5, 5.41) is 2.54. The van der Waals surface area contributed by atoms with Crippen molar-refractivity contribution in [2.24, 2.45) is 0 Å². The van der Waals surface area contributed by atoms with Crippen molar-refractivity contribution in [3.05, 3.63) is 22.7 Å². The second-order valence-corrected chi connectivity index (χ2v) is 6.36. The molecule has 0 atom stereocenters. The topological polar surface area (TPSA) is 83.6 Å². The number of furan rings is 1. The van der Waals surface area contributed by atoms with Crippen molar-refractivity contribution in [1.29, 1.82) is 0 Å². The standard InChI is InChI=1S/C10H12NO4PS/c1-6(2)10-11-7(5-17-10)9-8(3-4-15-9)16(12,13)14/h3-6H,1-2H3,(H2,12,13,14). The molecule has 0 radical (unpaired) electrons. The lowest BCUT2D eigenvalue weighted by molar-refractivity contribution is 0.387. The first-order valence-corrected chi connectivity index (χ1v) is 7.48. The van der Waals surface area contributed by atoms with Crippen LogP contribution in [0.5, 0.6) is 0 Å². The molecule has 2 heterocycles. The van der Waals surface area contributed by atoms with Crippen LogP contribution in [0.15, 0.2) is 22.1 Å². The van der Waals surface area contributed by atoms with Crippen molar-refractivity contribution in [3.63, 3.8) is 0 Å². The van der Waals surface area contributed by atoms with Crippen LogP contribution in [0.4, 0.5) is 0 Å². The lowest BCUT2D eigenvalue weighted by Gasteiger charge is -2.02. The van der Waals surface area contributed by atoms with Crippen LogP contribution in [0.25, 0.3) is 11.5 Å². The molecule has 5 nitrogen and oxygen atoms in total. The summed E-state index contributed by atoms with van der Waals surface area (Å²) >= 11 is 1.45. The molecule has 0 aliphatic rings. The van der Waals surface area contributed by atoms with E-state index in [-0.39, 0.29) is 17.0 Å². The van der Waals surface area contributed by atoms with E-state index in [1.807, 2.05) is 13.8 Å². The van der Waals surface area contributed by atoms with Gasteiger partial charge in [0, 0.05) is 11.3 Å². The van der Waals surface area contributed by atoms with Gasteiger partial charge in [0.1, 0.15) is 11.0 Å². The highest BCUT2D eigenvalue weighted by atomic mass is 32.1. The Hall–Kier alpha value is -0.940. The van der Waals surface area contributed by atoms with Gasteiger partial charge in [0.15, 0.2) is 5.76 Å². The first-order chi connectivity index (χ1) is 7.89. The van der Waals surface area contributed by atoms with Gasteiger partial charge in [-0.2, -0.15) is 0 Å². The van der Waals surface area contributed by atoms with Crippen molar-refractivity contribution in [2.45, 2.75) is 19.8 Å². The summed E-state index contributed by atoms with van der Waals surface area (Å²) in [5.41, 5.74) is 0.474. The van der Waals surface area contributed by atoms with Gasteiger partial charge >= 0.3 is 7.60 Å². The highest BCUT2D eigenvalue weighted by molar-refractivity contribution is 7.60. The van der Waals surface area contributed by atoms with E-state index in [2.05, 4.69) is 4.98 Å². The Labute approximate surface area is 102 Å². The van der Waals surface area contributed by atoms with Crippen molar-refractivity contribution >= 4 is 24.2 Å². The van der Waals surface area contributed by atoms with Gasteiger partial charge in [0.25, 0.3) is 0 Å². The molecule has 2 aromatic rings. The van der Waals surface area contributed by atoms with Gasteiger partial charge in [-0.15, -0.1) is 11.3 Å². The van der Waals surface area contributed by atoms with Gasteiger partial charge in [0.2, 0.25) is 0 Å². The second kappa shape index (κ2) is 4.38. The Balaban J connectivity index is 2.47. The Kier molecular flexibility index (Phi) is 3.23. The first-order valence-electron chi connectivity index (χ1n) is 4.99.